The first-order chi connectivity index (χ1) is 7.76. The van der Waals surface area contributed by atoms with Crippen molar-refractivity contribution >= 4 is 0 Å². The first-order valence-electron chi connectivity index (χ1n) is 6.74. The number of hydrogen-bond acceptors (Lipinski definition) is 3. The van der Waals surface area contributed by atoms with Gasteiger partial charge in [-0.25, -0.2) is 0 Å². The SMILES string of the molecule is CCC(CC)CN(C)CCN1CCOCC1. The molecule has 3 heteroatoms. The maximum Gasteiger partial charge on any atom is 0.0594 e. The molecule has 0 atom stereocenters. The van der Waals surface area contributed by atoms with Crippen molar-refractivity contribution in [2.75, 3.05) is 53.0 Å². The highest BCUT2D eigenvalue weighted by atomic mass is 16.5. The minimum absolute atomic E-state index is 0.870. The van der Waals surface area contributed by atoms with Gasteiger partial charge in [-0.15, -0.1) is 0 Å². The Morgan fingerprint density at radius 1 is 1.19 bits per heavy atom. The topological polar surface area (TPSA) is 15.7 Å². The van der Waals surface area contributed by atoms with E-state index in [1.165, 1.54) is 32.5 Å². The lowest BCUT2D eigenvalue weighted by Gasteiger charge is -2.29. The molecule has 1 heterocycles. The first-order valence-corrected chi connectivity index (χ1v) is 6.74. The molecule has 1 aliphatic rings. The molecule has 1 saturated heterocycles. The summed E-state index contributed by atoms with van der Waals surface area (Å²) in [6.07, 6.45) is 2.61. The van der Waals surface area contributed by atoms with Crippen molar-refractivity contribution in [1.82, 2.24) is 9.80 Å². The monoisotopic (exact) mass is 228 g/mol. The van der Waals surface area contributed by atoms with Crippen molar-refractivity contribution in [3.05, 3.63) is 0 Å². The number of nitrogens with zero attached hydrogens (tertiary/aromatic N) is 2. The predicted molar refractivity (Wildman–Crippen MR) is 68.8 cm³/mol. The molecule has 0 unspecified atom stereocenters. The third-order valence-electron chi connectivity index (χ3n) is 3.63. The second kappa shape index (κ2) is 8.04. The van der Waals surface area contributed by atoms with E-state index in [1.807, 2.05) is 0 Å². The molecule has 1 aliphatic heterocycles. The molecule has 16 heavy (non-hydrogen) atoms. The summed E-state index contributed by atoms with van der Waals surface area (Å²) in [7, 11) is 2.25. The Bertz CT molecular complexity index is 165. The summed E-state index contributed by atoms with van der Waals surface area (Å²) in [5.74, 6) is 0.870. The normalized spacial score (nSPS) is 18.6. The fourth-order valence-electron chi connectivity index (χ4n) is 2.22. The highest BCUT2D eigenvalue weighted by Gasteiger charge is 2.12. The fourth-order valence-corrected chi connectivity index (χ4v) is 2.22. The largest absolute Gasteiger partial charge is 0.379 e. The minimum atomic E-state index is 0.870. The van der Waals surface area contributed by atoms with Crippen LogP contribution >= 0.6 is 0 Å². The van der Waals surface area contributed by atoms with Crippen LogP contribution in [0.4, 0.5) is 0 Å². The van der Waals surface area contributed by atoms with Gasteiger partial charge in [0.25, 0.3) is 0 Å². The Kier molecular flexibility index (Phi) is 7.01. The molecule has 1 rings (SSSR count). The average Bonchev–Trinajstić information content (AvgIpc) is 2.34. The number of rotatable bonds is 7. The molecule has 0 aromatic carbocycles. The van der Waals surface area contributed by atoms with Crippen molar-refractivity contribution < 1.29 is 4.74 Å². The van der Waals surface area contributed by atoms with Gasteiger partial charge in [0.2, 0.25) is 0 Å². The zero-order valence-electron chi connectivity index (χ0n) is 11.2. The van der Waals surface area contributed by atoms with Gasteiger partial charge in [0.05, 0.1) is 13.2 Å². The molecule has 1 fully saturated rings. The molecular weight excluding hydrogens is 200 g/mol. The third-order valence-corrected chi connectivity index (χ3v) is 3.63. The molecule has 0 aromatic heterocycles. The predicted octanol–water partition coefficient (Wildman–Crippen LogP) is 1.69. The van der Waals surface area contributed by atoms with E-state index in [9.17, 15) is 0 Å². The maximum absolute atomic E-state index is 5.35. The molecule has 3 nitrogen and oxygen atoms in total. The average molecular weight is 228 g/mol. The zero-order valence-corrected chi connectivity index (χ0v) is 11.2. The Labute approximate surface area is 101 Å². The van der Waals surface area contributed by atoms with E-state index in [2.05, 4.69) is 30.7 Å². The van der Waals surface area contributed by atoms with Gasteiger partial charge in [-0.3, -0.25) is 4.90 Å². The summed E-state index contributed by atoms with van der Waals surface area (Å²) in [5.41, 5.74) is 0. The van der Waals surface area contributed by atoms with Crippen molar-refractivity contribution in [3.8, 4) is 0 Å². The van der Waals surface area contributed by atoms with E-state index in [0.29, 0.717) is 0 Å². The van der Waals surface area contributed by atoms with E-state index < -0.39 is 0 Å². The highest BCUT2D eigenvalue weighted by Crippen LogP contribution is 2.08. The van der Waals surface area contributed by atoms with Gasteiger partial charge in [-0.05, 0) is 13.0 Å². The Balaban J connectivity index is 2.10. The van der Waals surface area contributed by atoms with Gasteiger partial charge in [0.1, 0.15) is 0 Å². The van der Waals surface area contributed by atoms with Crippen LogP contribution in [0.25, 0.3) is 0 Å². The Hall–Kier alpha value is -0.120. The van der Waals surface area contributed by atoms with Gasteiger partial charge < -0.3 is 9.64 Å². The van der Waals surface area contributed by atoms with Crippen LogP contribution in [0.15, 0.2) is 0 Å². The maximum atomic E-state index is 5.35. The summed E-state index contributed by atoms with van der Waals surface area (Å²) in [4.78, 5) is 4.99. The Morgan fingerprint density at radius 3 is 2.38 bits per heavy atom. The number of likely N-dealkylation sites (N-methyl/N-ethyl adjacent to an activating group) is 1. The minimum Gasteiger partial charge on any atom is -0.379 e. The molecular formula is C13H28N2O. The smallest absolute Gasteiger partial charge is 0.0594 e. The van der Waals surface area contributed by atoms with Crippen LogP contribution in [0.2, 0.25) is 0 Å². The molecule has 0 aromatic rings. The van der Waals surface area contributed by atoms with E-state index in [0.717, 1.165) is 32.2 Å². The molecule has 96 valence electrons. The second-order valence-corrected chi connectivity index (χ2v) is 4.90. The molecule has 0 aliphatic carbocycles. The lowest BCUT2D eigenvalue weighted by atomic mass is 10.0. The van der Waals surface area contributed by atoms with Crippen LogP contribution < -0.4 is 0 Å². The molecule has 0 N–H and O–H groups in total. The highest BCUT2D eigenvalue weighted by molar-refractivity contribution is 4.66. The van der Waals surface area contributed by atoms with Gasteiger partial charge in [0.15, 0.2) is 0 Å². The standard InChI is InChI=1S/C13H28N2O/c1-4-13(5-2)12-14(3)6-7-15-8-10-16-11-9-15/h13H,4-12H2,1-3H3. The molecule has 0 radical (unpaired) electrons. The van der Waals surface area contributed by atoms with Gasteiger partial charge in [0, 0.05) is 32.7 Å². The summed E-state index contributed by atoms with van der Waals surface area (Å²) >= 11 is 0. The fraction of sp³-hybridized carbons (Fsp3) is 1.00. The number of hydrogen-bond donors (Lipinski definition) is 0. The van der Waals surface area contributed by atoms with Crippen LogP contribution in [0.3, 0.4) is 0 Å². The molecule has 0 saturated carbocycles. The molecule has 0 bridgehead atoms. The van der Waals surface area contributed by atoms with Crippen LogP contribution in [0, 0.1) is 5.92 Å². The summed E-state index contributed by atoms with van der Waals surface area (Å²) in [6, 6.07) is 0. The molecule has 0 amide bonds. The zero-order chi connectivity index (χ0) is 11.8. The second-order valence-electron chi connectivity index (χ2n) is 4.90. The van der Waals surface area contributed by atoms with Crippen molar-refractivity contribution in [2.24, 2.45) is 5.92 Å². The number of ether oxygens (including phenoxy) is 1. The van der Waals surface area contributed by atoms with Crippen molar-refractivity contribution in [3.63, 3.8) is 0 Å². The van der Waals surface area contributed by atoms with Gasteiger partial charge in [-0.1, -0.05) is 26.7 Å². The summed E-state index contributed by atoms with van der Waals surface area (Å²) < 4.78 is 5.35. The number of morpholine rings is 1. The summed E-state index contributed by atoms with van der Waals surface area (Å²) in [6.45, 7) is 12.3. The van der Waals surface area contributed by atoms with E-state index in [4.69, 9.17) is 4.74 Å². The van der Waals surface area contributed by atoms with E-state index >= 15 is 0 Å². The molecule has 0 spiro atoms. The van der Waals surface area contributed by atoms with Gasteiger partial charge >= 0.3 is 0 Å². The summed E-state index contributed by atoms with van der Waals surface area (Å²) in [5, 5.41) is 0. The van der Waals surface area contributed by atoms with Gasteiger partial charge in [-0.2, -0.15) is 0 Å². The van der Waals surface area contributed by atoms with Crippen LogP contribution in [0.5, 0.6) is 0 Å². The van der Waals surface area contributed by atoms with Crippen molar-refractivity contribution in [1.29, 1.82) is 0 Å². The van der Waals surface area contributed by atoms with Crippen LogP contribution in [0.1, 0.15) is 26.7 Å². The third kappa shape index (κ3) is 5.28. The lowest BCUT2D eigenvalue weighted by Crippen LogP contribution is -2.41. The van der Waals surface area contributed by atoms with Crippen LogP contribution in [-0.4, -0.2) is 62.8 Å². The Morgan fingerprint density at radius 2 is 1.81 bits per heavy atom. The lowest BCUT2D eigenvalue weighted by molar-refractivity contribution is 0.0338. The van der Waals surface area contributed by atoms with E-state index in [1.54, 1.807) is 0 Å². The quantitative estimate of drug-likeness (QED) is 0.659. The van der Waals surface area contributed by atoms with Crippen molar-refractivity contribution in [2.45, 2.75) is 26.7 Å². The first kappa shape index (κ1) is 13.9. The van der Waals surface area contributed by atoms with Crippen LogP contribution in [-0.2, 0) is 4.74 Å². The van der Waals surface area contributed by atoms with E-state index in [-0.39, 0.29) is 0 Å².